The summed E-state index contributed by atoms with van der Waals surface area (Å²) >= 11 is 1.73. The van der Waals surface area contributed by atoms with Crippen molar-refractivity contribution >= 4 is 23.2 Å². The minimum atomic E-state index is -0.183. The van der Waals surface area contributed by atoms with Crippen molar-refractivity contribution in [2.75, 3.05) is 26.8 Å². The quantitative estimate of drug-likeness (QED) is 0.492. The van der Waals surface area contributed by atoms with E-state index in [-0.39, 0.29) is 36.4 Å². The molecule has 0 saturated carbocycles. The lowest BCUT2D eigenvalue weighted by Gasteiger charge is -2.38. The average molecular weight is 473 g/mol. The first kappa shape index (κ1) is 25.1. The van der Waals surface area contributed by atoms with Crippen LogP contribution in [0.3, 0.4) is 0 Å². The van der Waals surface area contributed by atoms with E-state index in [0.717, 1.165) is 24.2 Å². The van der Waals surface area contributed by atoms with Gasteiger partial charge in [0.2, 0.25) is 11.8 Å². The molecule has 0 radical (unpaired) electrons. The molecule has 1 aromatic heterocycles. The van der Waals surface area contributed by atoms with Crippen molar-refractivity contribution in [2.45, 2.75) is 59.0 Å². The van der Waals surface area contributed by atoms with Gasteiger partial charge in [-0.05, 0) is 54.8 Å². The largest absolute Gasteiger partial charge is 0.497 e. The molecular formula is C26H36N2O4S. The Balaban J connectivity index is 1.78. The highest BCUT2D eigenvalue weighted by molar-refractivity contribution is 7.10. The number of methoxy groups -OCH3 is 1. The summed E-state index contributed by atoms with van der Waals surface area (Å²) < 4.78 is 11.4. The summed E-state index contributed by atoms with van der Waals surface area (Å²) in [5.41, 5.74) is 1.14. The number of nitrogens with zero attached hydrogens (tertiary/aromatic N) is 2. The number of ether oxygens (including phenoxy) is 2. The molecule has 7 heteroatoms. The predicted octanol–water partition coefficient (Wildman–Crippen LogP) is 4.93. The van der Waals surface area contributed by atoms with Crippen LogP contribution in [-0.2, 0) is 16.0 Å². The Morgan fingerprint density at radius 1 is 1.21 bits per heavy atom. The Kier molecular flexibility index (Phi) is 8.78. The second-order valence-corrected chi connectivity index (χ2v) is 10.0. The Morgan fingerprint density at radius 3 is 2.67 bits per heavy atom. The second kappa shape index (κ2) is 11.5. The minimum absolute atomic E-state index is 0.0215. The lowest BCUT2D eigenvalue weighted by Crippen LogP contribution is -2.50. The molecular weight excluding hydrogens is 436 g/mol. The standard InChI is InChI=1S/C26H36N2O4S/c1-6-19(4)28(25(29)14-18(2)3)16-26(30)27-12-10-24-22(11-13-33-24)23(27)17-32-21-9-7-8-20(15-21)31-5/h7-9,11,13,15,18-19,23H,6,10,12,14,16-17H2,1-5H3/t19-,23-/m0/s1. The van der Waals surface area contributed by atoms with Gasteiger partial charge in [0.1, 0.15) is 24.7 Å². The number of amides is 2. The van der Waals surface area contributed by atoms with Crippen LogP contribution in [0.1, 0.15) is 57.0 Å². The summed E-state index contributed by atoms with van der Waals surface area (Å²) in [4.78, 5) is 31.4. The number of benzene rings is 1. The van der Waals surface area contributed by atoms with E-state index in [1.165, 1.54) is 4.88 Å². The summed E-state index contributed by atoms with van der Waals surface area (Å²) in [5, 5.41) is 2.08. The van der Waals surface area contributed by atoms with Crippen LogP contribution in [0.25, 0.3) is 0 Å². The monoisotopic (exact) mass is 472 g/mol. The number of carbonyl (C=O) groups excluding carboxylic acids is 2. The van der Waals surface area contributed by atoms with Gasteiger partial charge in [0, 0.05) is 30.0 Å². The highest BCUT2D eigenvalue weighted by atomic mass is 32.1. The average Bonchev–Trinajstić information content (AvgIpc) is 3.29. The molecule has 6 nitrogen and oxygen atoms in total. The highest BCUT2D eigenvalue weighted by Crippen LogP contribution is 2.34. The Hall–Kier alpha value is -2.54. The van der Waals surface area contributed by atoms with Crippen molar-refractivity contribution in [3.05, 3.63) is 46.2 Å². The molecule has 180 valence electrons. The zero-order valence-corrected chi connectivity index (χ0v) is 21.2. The number of rotatable bonds is 10. The van der Waals surface area contributed by atoms with Gasteiger partial charge in [0.15, 0.2) is 0 Å². The Bertz CT molecular complexity index is 942. The first-order valence-corrected chi connectivity index (χ1v) is 12.6. The number of hydrogen-bond donors (Lipinski definition) is 0. The van der Waals surface area contributed by atoms with Crippen molar-refractivity contribution in [1.82, 2.24) is 9.80 Å². The van der Waals surface area contributed by atoms with Gasteiger partial charge in [0.25, 0.3) is 0 Å². The van der Waals surface area contributed by atoms with Gasteiger partial charge in [-0.25, -0.2) is 0 Å². The van der Waals surface area contributed by atoms with Crippen LogP contribution in [-0.4, -0.2) is 54.5 Å². The molecule has 0 unspecified atom stereocenters. The molecule has 0 spiro atoms. The molecule has 2 aromatic rings. The zero-order valence-electron chi connectivity index (χ0n) is 20.4. The Morgan fingerprint density at radius 2 is 1.97 bits per heavy atom. The van der Waals surface area contributed by atoms with Crippen molar-refractivity contribution < 1.29 is 19.1 Å². The van der Waals surface area contributed by atoms with Gasteiger partial charge in [-0.3, -0.25) is 9.59 Å². The summed E-state index contributed by atoms with van der Waals surface area (Å²) in [6, 6.07) is 9.43. The summed E-state index contributed by atoms with van der Waals surface area (Å²) in [5.74, 6) is 1.71. The summed E-state index contributed by atoms with van der Waals surface area (Å²) in [7, 11) is 1.63. The Labute approximate surface area is 201 Å². The zero-order chi connectivity index (χ0) is 24.0. The maximum Gasteiger partial charge on any atom is 0.242 e. The normalized spacial score (nSPS) is 16.3. The fourth-order valence-corrected chi connectivity index (χ4v) is 5.08. The van der Waals surface area contributed by atoms with E-state index >= 15 is 0 Å². The molecule has 2 amide bonds. The number of carbonyl (C=O) groups is 2. The predicted molar refractivity (Wildman–Crippen MR) is 132 cm³/mol. The van der Waals surface area contributed by atoms with Crippen LogP contribution in [0.4, 0.5) is 0 Å². The molecule has 0 bridgehead atoms. The fourth-order valence-electron chi connectivity index (χ4n) is 4.15. The molecule has 0 aliphatic carbocycles. The molecule has 0 N–H and O–H groups in total. The van der Waals surface area contributed by atoms with Crippen LogP contribution in [0.5, 0.6) is 11.5 Å². The SMILES string of the molecule is CC[C@H](C)N(CC(=O)N1CCc2sccc2[C@@H]1COc1cccc(OC)c1)C(=O)CC(C)C. The molecule has 2 atom stereocenters. The van der Waals surface area contributed by atoms with Crippen molar-refractivity contribution in [3.63, 3.8) is 0 Å². The second-order valence-electron chi connectivity index (χ2n) is 9.02. The maximum absolute atomic E-state index is 13.5. The number of thiophene rings is 1. The van der Waals surface area contributed by atoms with E-state index in [0.29, 0.717) is 25.3 Å². The van der Waals surface area contributed by atoms with Crippen molar-refractivity contribution in [1.29, 1.82) is 0 Å². The third-order valence-electron chi connectivity index (χ3n) is 6.20. The lowest BCUT2D eigenvalue weighted by atomic mass is 10.00. The molecule has 1 aliphatic heterocycles. The third-order valence-corrected chi connectivity index (χ3v) is 7.19. The van der Waals surface area contributed by atoms with E-state index in [2.05, 4.69) is 11.4 Å². The highest BCUT2D eigenvalue weighted by Gasteiger charge is 2.34. The molecule has 2 heterocycles. The number of hydrogen-bond acceptors (Lipinski definition) is 5. The van der Waals surface area contributed by atoms with Crippen LogP contribution in [0.15, 0.2) is 35.7 Å². The lowest BCUT2D eigenvalue weighted by molar-refractivity contribution is -0.144. The van der Waals surface area contributed by atoms with Gasteiger partial charge in [-0.15, -0.1) is 11.3 Å². The molecule has 3 rings (SSSR count). The molecule has 0 fully saturated rings. The van der Waals surface area contributed by atoms with Crippen LogP contribution in [0, 0.1) is 5.92 Å². The van der Waals surface area contributed by atoms with E-state index < -0.39 is 0 Å². The van der Waals surface area contributed by atoms with Crippen LogP contribution >= 0.6 is 11.3 Å². The third kappa shape index (κ3) is 6.28. The van der Waals surface area contributed by atoms with Gasteiger partial charge in [0.05, 0.1) is 13.2 Å². The van der Waals surface area contributed by atoms with E-state index in [1.54, 1.807) is 23.3 Å². The van der Waals surface area contributed by atoms with Crippen LogP contribution < -0.4 is 9.47 Å². The van der Waals surface area contributed by atoms with Crippen molar-refractivity contribution in [3.8, 4) is 11.5 Å². The van der Waals surface area contributed by atoms with E-state index in [1.807, 2.05) is 56.9 Å². The molecule has 33 heavy (non-hydrogen) atoms. The smallest absolute Gasteiger partial charge is 0.242 e. The van der Waals surface area contributed by atoms with Gasteiger partial charge < -0.3 is 19.3 Å². The summed E-state index contributed by atoms with van der Waals surface area (Å²) in [6.07, 6.45) is 2.10. The van der Waals surface area contributed by atoms with Gasteiger partial charge >= 0.3 is 0 Å². The van der Waals surface area contributed by atoms with E-state index in [4.69, 9.17) is 9.47 Å². The minimum Gasteiger partial charge on any atom is -0.497 e. The van der Waals surface area contributed by atoms with Gasteiger partial charge in [-0.1, -0.05) is 26.8 Å². The fraction of sp³-hybridized carbons (Fsp3) is 0.538. The van der Waals surface area contributed by atoms with Crippen LogP contribution in [0.2, 0.25) is 0 Å². The molecule has 0 saturated heterocycles. The maximum atomic E-state index is 13.5. The molecule has 1 aliphatic rings. The number of fused-ring (bicyclic) bond motifs is 1. The van der Waals surface area contributed by atoms with Crippen molar-refractivity contribution in [2.24, 2.45) is 5.92 Å². The molecule has 1 aromatic carbocycles. The first-order chi connectivity index (χ1) is 15.8. The topological polar surface area (TPSA) is 59.1 Å². The summed E-state index contributed by atoms with van der Waals surface area (Å²) in [6.45, 7) is 9.22. The van der Waals surface area contributed by atoms with E-state index in [9.17, 15) is 9.59 Å². The first-order valence-electron chi connectivity index (χ1n) is 11.8. The van der Waals surface area contributed by atoms with Gasteiger partial charge in [-0.2, -0.15) is 0 Å².